The predicted molar refractivity (Wildman–Crippen MR) is 71.0 cm³/mol. The summed E-state index contributed by atoms with van der Waals surface area (Å²) in [6, 6.07) is 5.61. The molecule has 0 aliphatic carbocycles. The Bertz CT molecular complexity index is 501. The first-order chi connectivity index (χ1) is 9.61. The highest BCUT2D eigenvalue weighted by atomic mass is 19.1. The average Bonchev–Trinajstić information content (AvgIpc) is 2.49. The van der Waals surface area contributed by atoms with Crippen molar-refractivity contribution in [1.82, 2.24) is 9.80 Å². The first kappa shape index (κ1) is 14.1. The number of carbonyl (C=O) groups excluding carboxylic acids is 2. The van der Waals surface area contributed by atoms with Crippen molar-refractivity contribution in [2.45, 2.75) is 0 Å². The SMILES string of the molecule is COC(=O)N1CCN(C(=O)Nc2ccccc2F)CC1. The Labute approximate surface area is 116 Å². The number of para-hydroxylation sites is 1. The summed E-state index contributed by atoms with van der Waals surface area (Å²) in [5.74, 6) is -0.478. The zero-order chi connectivity index (χ0) is 14.5. The number of hydrogen-bond acceptors (Lipinski definition) is 3. The molecular weight excluding hydrogens is 265 g/mol. The van der Waals surface area contributed by atoms with Gasteiger partial charge in [0.15, 0.2) is 0 Å². The third kappa shape index (κ3) is 3.17. The molecule has 1 saturated heterocycles. The van der Waals surface area contributed by atoms with Crippen molar-refractivity contribution in [2.24, 2.45) is 0 Å². The van der Waals surface area contributed by atoms with Crippen molar-refractivity contribution in [3.63, 3.8) is 0 Å². The lowest BCUT2D eigenvalue weighted by molar-refractivity contribution is 0.0992. The number of ether oxygens (including phenoxy) is 1. The summed E-state index contributed by atoms with van der Waals surface area (Å²) >= 11 is 0. The zero-order valence-electron chi connectivity index (χ0n) is 11.1. The van der Waals surface area contributed by atoms with E-state index in [0.717, 1.165) is 0 Å². The number of carbonyl (C=O) groups is 2. The molecule has 1 N–H and O–H groups in total. The van der Waals surface area contributed by atoms with Gasteiger partial charge in [-0.2, -0.15) is 0 Å². The number of nitrogens with one attached hydrogen (secondary N) is 1. The van der Waals surface area contributed by atoms with E-state index in [9.17, 15) is 14.0 Å². The monoisotopic (exact) mass is 281 g/mol. The van der Waals surface area contributed by atoms with Crippen molar-refractivity contribution in [1.29, 1.82) is 0 Å². The van der Waals surface area contributed by atoms with Crippen LogP contribution >= 0.6 is 0 Å². The molecule has 108 valence electrons. The van der Waals surface area contributed by atoms with E-state index in [-0.39, 0.29) is 11.7 Å². The van der Waals surface area contributed by atoms with Crippen LogP contribution in [0.2, 0.25) is 0 Å². The van der Waals surface area contributed by atoms with Crippen LogP contribution < -0.4 is 5.32 Å². The molecule has 0 aromatic heterocycles. The summed E-state index contributed by atoms with van der Waals surface area (Å²) in [6.45, 7) is 1.57. The Morgan fingerprint density at radius 1 is 1.15 bits per heavy atom. The van der Waals surface area contributed by atoms with Crippen LogP contribution in [-0.2, 0) is 4.74 Å². The van der Waals surface area contributed by atoms with Gasteiger partial charge in [-0.05, 0) is 12.1 Å². The summed E-state index contributed by atoms with van der Waals surface area (Å²) in [5.41, 5.74) is 0.146. The van der Waals surface area contributed by atoms with E-state index in [2.05, 4.69) is 10.1 Å². The molecule has 7 heteroatoms. The quantitative estimate of drug-likeness (QED) is 0.853. The van der Waals surface area contributed by atoms with Crippen molar-refractivity contribution in [2.75, 3.05) is 38.6 Å². The van der Waals surface area contributed by atoms with Gasteiger partial charge < -0.3 is 19.9 Å². The largest absolute Gasteiger partial charge is 0.453 e. The standard InChI is InChI=1S/C13H16FN3O3/c1-20-13(19)17-8-6-16(7-9-17)12(18)15-11-5-3-2-4-10(11)14/h2-5H,6-9H2,1H3,(H,15,18). The Hall–Kier alpha value is -2.31. The van der Waals surface area contributed by atoms with Gasteiger partial charge in [0.1, 0.15) is 5.82 Å². The molecule has 2 rings (SSSR count). The van der Waals surface area contributed by atoms with Gasteiger partial charge in [0, 0.05) is 26.2 Å². The molecule has 1 aromatic carbocycles. The van der Waals surface area contributed by atoms with Crippen LogP contribution in [-0.4, -0.2) is 55.2 Å². The van der Waals surface area contributed by atoms with Gasteiger partial charge in [-0.15, -0.1) is 0 Å². The fourth-order valence-corrected chi connectivity index (χ4v) is 1.98. The number of nitrogens with zero attached hydrogens (tertiary/aromatic N) is 2. The smallest absolute Gasteiger partial charge is 0.409 e. The van der Waals surface area contributed by atoms with Gasteiger partial charge in [0.2, 0.25) is 0 Å². The van der Waals surface area contributed by atoms with Gasteiger partial charge in [-0.3, -0.25) is 0 Å². The van der Waals surface area contributed by atoms with Crippen molar-refractivity contribution < 1.29 is 18.7 Å². The second-order valence-electron chi connectivity index (χ2n) is 4.35. The molecule has 1 heterocycles. The molecule has 1 aliphatic heterocycles. The minimum atomic E-state index is -0.478. The molecule has 1 aliphatic rings. The predicted octanol–water partition coefficient (Wildman–Crippen LogP) is 1.74. The summed E-state index contributed by atoms with van der Waals surface area (Å²) < 4.78 is 18.0. The molecule has 0 unspecified atom stereocenters. The van der Waals surface area contributed by atoms with Crippen LogP contribution in [0, 0.1) is 5.82 Å². The number of methoxy groups -OCH3 is 1. The highest BCUT2D eigenvalue weighted by Gasteiger charge is 2.24. The van der Waals surface area contributed by atoms with Gasteiger partial charge in [-0.25, -0.2) is 14.0 Å². The first-order valence-electron chi connectivity index (χ1n) is 6.25. The number of benzene rings is 1. The maximum absolute atomic E-state index is 13.4. The third-order valence-corrected chi connectivity index (χ3v) is 3.12. The van der Waals surface area contributed by atoms with E-state index in [1.165, 1.54) is 29.0 Å². The normalized spacial score (nSPS) is 14.9. The molecule has 6 nitrogen and oxygen atoms in total. The number of urea groups is 1. The second-order valence-corrected chi connectivity index (χ2v) is 4.35. The number of rotatable bonds is 1. The number of hydrogen-bond donors (Lipinski definition) is 1. The molecule has 20 heavy (non-hydrogen) atoms. The van der Waals surface area contributed by atoms with Gasteiger partial charge in [0.25, 0.3) is 0 Å². The average molecular weight is 281 g/mol. The topological polar surface area (TPSA) is 61.9 Å². The highest BCUT2D eigenvalue weighted by molar-refractivity contribution is 5.89. The van der Waals surface area contributed by atoms with Crippen LogP contribution in [0.3, 0.4) is 0 Å². The van der Waals surface area contributed by atoms with Crippen molar-refractivity contribution in [3.05, 3.63) is 30.1 Å². The number of anilines is 1. The highest BCUT2D eigenvalue weighted by Crippen LogP contribution is 2.14. The molecular formula is C13H16FN3O3. The van der Waals surface area contributed by atoms with E-state index in [0.29, 0.717) is 26.2 Å². The minimum absolute atomic E-state index is 0.146. The molecule has 0 radical (unpaired) electrons. The van der Waals surface area contributed by atoms with Crippen LogP contribution in [0.25, 0.3) is 0 Å². The molecule has 0 spiro atoms. The maximum atomic E-state index is 13.4. The number of halogens is 1. The number of amides is 3. The Morgan fingerprint density at radius 3 is 2.35 bits per heavy atom. The second kappa shape index (κ2) is 6.23. The molecule has 3 amide bonds. The van der Waals surface area contributed by atoms with E-state index >= 15 is 0 Å². The van der Waals surface area contributed by atoms with E-state index < -0.39 is 11.9 Å². The van der Waals surface area contributed by atoms with E-state index in [4.69, 9.17) is 0 Å². The summed E-state index contributed by atoms with van der Waals surface area (Å²) in [4.78, 5) is 26.3. The van der Waals surface area contributed by atoms with Crippen LogP contribution in [0.15, 0.2) is 24.3 Å². The van der Waals surface area contributed by atoms with E-state index in [1.54, 1.807) is 12.1 Å². The summed E-state index contributed by atoms with van der Waals surface area (Å²) in [6.07, 6.45) is -0.404. The minimum Gasteiger partial charge on any atom is -0.453 e. The number of piperazine rings is 1. The molecule has 1 fully saturated rings. The lowest BCUT2D eigenvalue weighted by atomic mass is 10.3. The Morgan fingerprint density at radius 2 is 1.75 bits per heavy atom. The fourth-order valence-electron chi connectivity index (χ4n) is 1.98. The van der Waals surface area contributed by atoms with Crippen LogP contribution in [0.5, 0.6) is 0 Å². The third-order valence-electron chi connectivity index (χ3n) is 3.12. The zero-order valence-corrected chi connectivity index (χ0v) is 11.1. The summed E-state index contributed by atoms with van der Waals surface area (Å²) in [7, 11) is 1.32. The van der Waals surface area contributed by atoms with Crippen molar-refractivity contribution in [3.8, 4) is 0 Å². The van der Waals surface area contributed by atoms with Gasteiger partial charge in [0.05, 0.1) is 12.8 Å². The fraction of sp³-hybridized carbons (Fsp3) is 0.385. The van der Waals surface area contributed by atoms with Gasteiger partial charge >= 0.3 is 12.1 Å². The molecule has 0 bridgehead atoms. The molecule has 0 saturated carbocycles. The molecule has 1 aromatic rings. The molecule has 0 atom stereocenters. The van der Waals surface area contributed by atoms with Crippen LogP contribution in [0.4, 0.5) is 19.7 Å². The lowest BCUT2D eigenvalue weighted by Crippen LogP contribution is -2.51. The van der Waals surface area contributed by atoms with Crippen molar-refractivity contribution >= 4 is 17.8 Å². The lowest BCUT2D eigenvalue weighted by Gasteiger charge is -2.33. The van der Waals surface area contributed by atoms with Gasteiger partial charge in [-0.1, -0.05) is 12.1 Å². The summed E-state index contributed by atoms with van der Waals surface area (Å²) in [5, 5.41) is 2.52. The Balaban J connectivity index is 1.89. The Kier molecular flexibility index (Phi) is 4.39. The maximum Gasteiger partial charge on any atom is 0.409 e. The first-order valence-corrected chi connectivity index (χ1v) is 6.25. The van der Waals surface area contributed by atoms with E-state index in [1.807, 2.05) is 0 Å². The van der Waals surface area contributed by atoms with Crippen LogP contribution in [0.1, 0.15) is 0 Å².